The highest BCUT2D eigenvalue weighted by Crippen LogP contribution is 2.37. The van der Waals surface area contributed by atoms with Gasteiger partial charge in [0.25, 0.3) is 0 Å². The molecule has 16 heavy (non-hydrogen) atoms. The van der Waals surface area contributed by atoms with Gasteiger partial charge in [-0.2, -0.15) is 0 Å². The highest BCUT2D eigenvalue weighted by Gasteiger charge is 2.44. The van der Waals surface area contributed by atoms with Crippen LogP contribution in [-0.2, 0) is 14.3 Å². The van der Waals surface area contributed by atoms with E-state index in [2.05, 4.69) is 10.6 Å². The third-order valence-corrected chi connectivity index (χ3v) is 2.95. The summed E-state index contributed by atoms with van der Waals surface area (Å²) in [4.78, 5) is 11.3. The van der Waals surface area contributed by atoms with Crippen molar-refractivity contribution in [2.75, 3.05) is 26.8 Å². The van der Waals surface area contributed by atoms with E-state index in [0.29, 0.717) is 19.8 Å². The van der Waals surface area contributed by atoms with Crippen LogP contribution in [0.2, 0.25) is 0 Å². The second-order valence-corrected chi connectivity index (χ2v) is 4.15. The average Bonchev–Trinajstić information content (AvgIpc) is 2.79. The van der Waals surface area contributed by atoms with Gasteiger partial charge >= 0.3 is 0 Å². The topological polar surface area (TPSA) is 59.6 Å². The first kappa shape index (κ1) is 13.7. The third kappa shape index (κ3) is 3.07. The molecule has 0 bridgehead atoms. The Labute approximate surface area is 102 Å². The normalized spacial score (nSPS) is 26.7. The van der Waals surface area contributed by atoms with Gasteiger partial charge in [-0.3, -0.25) is 4.79 Å². The molecule has 1 unspecified atom stereocenters. The van der Waals surface area contributed by atoms with Crippen LogP contribution in [0.15, 0.2) is 0 Å². The molecule has 0 aromatic carbocycles. The van der Waals surface area contributed by atoms with E-state index >= 15 is 0 Å². The van der Waals surface area contributed by atoms with Gasteiger partial charge < -0.3 is 20.1 Å². The van der Waals surface area contributed by atoms with Crippen molar-refractivity contribution < 1.29 is 14.3 Å². The van der Waals surface area contributed by atoms with Crippen molar-refractivity contribution in [2.24, 2.45) is 0 Å². The minimum absolute atomic E-state index is 0. The van der Waals surface area contributed by atoms with Crippen LogP contribution < -0.4 is 10.6 Å². The van der Waals surface area contributed by atoms with Crippen LogP contribution in [-0.4, -0.2) is 44.5 Å². The van der Waals surface area contributed by atoms with E-state index in [1.165, 1.54) is 0 Å². The van der Waals surface area contributed by atoms with Gasteiger partial charge in [-0.05, 0) is 13.5 Å². The molecule has 2 N–H and O–H groups in total. The molecule has 6 heteroatoms. The Hall–Kier alpha value is -0.360. The number of carbonyl (C=O) groups is 1. The zero-order valence-corrected chi connectivity index (χ0v) is 10.3. The summed E-state index contributed by atoms with van der Waals surface area (Å²) in [6.07, 6.45) is 2.61. The number of likely N-dealkylation sites (N-methyl/N-ethyl adjacent to an activating group) is 1. The van der Waals surface area contributed by atoms with Crippen molar-refractivity contribution in [1.29, 1.82) is 0 Å². The molecule has 5 nitrogen and oxygen atoms in total. The van der Waals surface area contributed by atoms with Crippen LogP contribution in [0, 0.1) is 0 Å². The molecule has 94 valence electrons. The van der Waals surface area contributed by atoms with E-state index in [1.54, 1.807) is 7.05 Å². The van der Waals surface area contributed by atoms with Crippen LogP contribution in [0.5, 0.6) is 0 Å². The van der Waals surface area contributed by atoms with Crippen molar-refractivity contribution in [3.8, 4) is 0 Å². The van der Waals surface area contributed by atoms with Gasteiger partial charge in [0.05, 0.1) is 19.8 Å². The number of nitrogens with one attached hydrogen (secondary N) is 2. The first-order chi connectivity index (χ1) is 7.24. The summed E-state index contributed by atoms with van der Waals surface area (Å²) < 4.78 is 11.2. The molecule has 1 saturated carbocycles. The molecular weight excluding hydrogens is 232 g/mol. The van der Waals surface area contributed by atoms with E-state index in [9.17, 15) is 4.79 Å². The lowest BCUT2D eigenvalue weighted by Crippen LogP contribution is -2.40. The van der Waals surface area contributed by atoms with E-state index in [0.717, 1.165) is 19.3 Å². The summed E-state index contributed by atoms with van der Waals surface area (Å²) >= 11 is 0. The Morgan fingerprint density at radius 3 is 2.75 bits per heavy atom. The van der Waals surface area contributed by atoms with Crippen LogP contribution >= 0.6 is 12.4 Å². The van der Waals surface area contributed by atoms with Gasteiger partial charge in [0, 0.05) is 18.9 Å². The molecular formula is C10H19ClN2O3. The minimum atomic E-state index is -0.391. The monoisotopic (exact) mass is 250 g/mol. The summed E-state index contributed by atoms with van der Waals surface area (Å²) in [6, 6.07) is 0.198. The lowest BCUT2D eigenvalue weighted by atomic mass is 10.2. The number of hydrogen-bond donors (Lipinski definition) is 2. The minimum Gasteiger partial charge on any atom is -0.352 e. The number of hydrogen-bond acceptors (Lipinski definition) is 4. The lowest BCUT2D eigenvalue weighted by Gasteiger charge is -2.21. The first-order valence-corrected chi connectivity index (χ1v) is 5.46. The van der Waals surface area contributed by atoms with Crippen molar-refractivity contribution in [3.05, 3.63) is 0 Å². The highest BCUT2D eigenvalue weighted by atomic mass is 35.5. The summed E-state index contributed by atoms with van der Waals surface area (Å²) in [5, 5.41) is 5.80. The first-order valence-electron chi connectivity index (χ1n) is 5.46. The summed E-state index contributed by atoms with van der Waals surface area (Å²) in [6.45, 7) is 1.72. The Balaban J connectivity index is 0.00000128. The molecule has 0 radical (unpaired) electrons. The molecule has 0 aromatic heterocycles. The fourth-order valence-electron chi connectivity index (χ4n) is 2.30. The van der Waals surface area contributed by atoms with Crippen molar-refractivity contribution in [1.82, 2.24) is 10.6 Å². The van der Waals surface area contributed by atoms with Crippen LogP contribution in [0.1, 0.15) is 19.3 Å². The van der Waals surface area contributed by atoms with Crippen molar-refractivity contribution >= 4 is 18.3 Å². The second-order valence-electron chi connectivity index (χ2n) is 4.15. The Morgan fingerprint density at radius 1 is 1.44 bits per heavy atom. The highest BCUT2D eigenvalue weighted by molar-refractivity contribution is 5.85. The predicted octanol–water partition coefficient (Wildman–Crippen LogP) is 0.0394. The molecule has 1 atom stereocenters. The zero-order chi connectivity index (χ0) is 10.7. The fourth-order valence-corrected chi connectivity index (χ4v) is 2.30. The second kappa shape index (κ2) is 5.82. The quantitative estimate of drug-likeness (QED) is 0.743. The van der Waals surface area contributed by atoms with E-state index in [-0.39, 0.29) is 24.4 Å². The molecule has 1 amide bonds. The number of rotatable bonds is 3. The smallest absolute Gasteiger partial charge is 0.234 e. The van der Waals surface area contributed by atoms with E-state index in [1.807, 2.05) is 0 Å². The molecule has 1 spiro atoms. The Kier molecular flexibility index (Phi) is 4.98. The van der Waals surface area contributed by atoms with Crippen molar-refractivity contribution in [2.45, 2.75) is 31.1 Å². The van der Waals surface area contributed by atoms with Gasteiger partial charge in [0.2, 0.25) is 5.91 Å². The number of carbonyl (C=O) groups excluding carboxylic acids is 1. The van der Waals surface area contributed by atoms with E-state index < -0.39 is 5.79 Å². The number of halogens is 1. The predicted molar refractivity (Wildman–Crippen MR) is 61.6 cm³/mol. The number of ether oxygens (including phenoxy) is 2. The lowest BCUT2D eigenvalue weighted by molar-refractivity contribution is -0.151. The maximum atomic E-state index is 11.3. The molecule has 1 saturated heterocycles. The van der Waals surface area contributed by atoms with Crippen LogP contribution in [0.3, 0.4) is 0 Å². The molecule has 1 heterocycles. The van der Waals surface area contributed by atoms with Crippen LogP contribution in [0.25, 0.3) is 0 Å². The molecule has 2 aliphatic rings. The van der Waals surface area contributed by atoms with E-state index in [4.69, 9.17) is 9.47 Å². The van der Waals surface area contributed by atoms with Gasteiger partial charge in [0.1, 0.15) is 0 Å². The Bertz CT molecular complexity index is 244. The maximum absolute atomic E-state index is 11.3. The molecule has 0 aromatic rings. The Morgan fingerprint density at radius 2 is 2.12 bits per heavy atom. The van der Waals surface area contributed by atoms with Crippen LogP contribution in [0.4, 0.5) is 0 Å². The van der Waals surface area contributed by atoms with Gasteiger partial charge in [0.15, 0.2) is 5.79 Å². The van der Waals surface area contributed by atoms with Gasteiger partial charge in [-0.1, -0.05) is 0 Å². The maximum Gasteiger partial charge on any atom is 0.234 e. The largest absolute Gasteiger partial charge is 0.352 e. The summed E-state index contributed by atoms with van der Waals surface area (Å²) in [5.74, 6) is -0.352. The van der Waals surface area contributed by atoms with Gasteiger partial charge in [-0.15, -0.1) is 12.4 Å². The molecule has 1 aliphatic carbocycles. The SMILES string of the molecule is CNCC(=O)NC1CCC2(C1)OCCO2.Cl. The summed E-state index contributed by atoms with van der Waals surface area (Å²) in [7, 11) is 1.76. The zero-order valence-electron chi connectivity index (χ0n) is 9.45. The average molecular weight is 251 g/mol. The molecule has 2 fully saturated rings. The molecule has 1 aliphatic heterocycles. The molecule has 2 rings (SSSR count). The number of amides is 1. The van der Waals surface area contributed by atoms with Crippen molar-refractivity contribution in [3.63, 3.8) is 0 Å². The fraction of sp³-hybridized carbons (Fsp3) is 0.900. The standard InChI is InChI=1S/C10H18N2O3.ClH/c1-11-7-9(13)12-8-2-3-10(6-8)14-4-5-15-10;/h8,11H,2-7H2,1H3,(H,12,13);1H. The third-order valence-electron chi connectivity index (χ3n) is 2.95. The summed E-state index contributed by atoms with van der Waals surface area (Å²) in [5.41, 5.74) is 0. The van der Waals surface area contributed by atoms with Gasteiger partial charge in [-0.25, -0.2) is 0 Å².